The Balaban J connectivity index is 1.78. The molecule has 0 radical (unpaired) electrons. The average Bonchev–Trinajstić information content (AvgIpc) is 3.10. The highest BCUT2D eigenvalue weighted by molar-refractivity contribution is 7.08. The molecule has 1 aliphatic heterocycles. The number of nitrogens with zero attached hydrogens (tertiary/aromatic N) is 1. The first-order valence-electron chi connectivity index (χ1n) is 6.77. The van der Waals surface area contributed by atoms with Gasteiger partial charge in [0.2, 0.25) is 0 Å². The summed E-state index contributed by atoms with van der Waals surface area (Å²) in [6.07, 6.45) is 5.25. The molecule has 0 fully saturated rings. The summed E-state index contributed by atoms with van der Waals surface area (Å²) in [6, 6.07) is 8.95. The van der Waals surface area contributed by atoms with Crippen LogP contribution in [0.4, 0.5) is 0 Å². The van der Waals surface area contributed by atoms with E-state index in [1.54, 1.807) is 11.3 Å². The number of hydrogen-bond acceptors (Lipinski definition) is 3. The Kier molecular flexibility index (Phi) is 2.49. The zero-order chi connectivity index (χ0) is 12.7. The van der Waals surface area contributed by atoms with E-state index < -0.39 is 0 Å². The Morgan fingerprint density at radius 1 is 1.26 bits per heavy atom. The highest BCUT2D eigenvalue weighted by Gasteiger charge is 2.36. The van der Waals surface area contributed by atoms with E-state index in [2.05, 4.69) is 45.3 Å². The fourth-order valence-electron chi connectivity index (χ4n) is 3.31. The summed E-state index contributed by atoms with van der Waals surface area (Å²) in [7, 11) is 0. The van der Waals surface area contributed by atoms with Gasteiger partial charge in [-0.15, -0.1) is 0 Å². The number of nitrogens with one attached hydrogen (secondary N) is 1. The fraction of sp³-hybridized carbons (Fsp3) is 0.312. The molecule has 1 spiro atoms. The summed E-state index contributed by atoms with van der Waals surface area (Å²) >= 11 is 1.77. The van der Waals surface area contributed by atoms with Crippen molar-refractivity contribution in [2.75, 3.05) is 6.54 Å². The lowest BCUT2D eigenvalue weighted by molar-refractivity contribution is 0.395. The van der Waals surface area contributed by atoms with Crippen LogP contribution in [0, 0.1) is 0 Å². The molecule has 1 unspecified atom stereocenters. The average molecular weight is 268 g/mol. The van der Waals surface area contributed by atoms with Gasteiger partial charge in [0.05, 0.1) is 11.9 Å². The predicted molar refractivity (Wildman–Crippen MR) is 81.0 cm³/mol. The van der Waals surface area contributed by atoms with Crippen molar-refractivity contribution in [3.63, 3.8) is 0 Å². The topological polar surface area (TPSA) is 24.4 Å². The van der Waals surface area contributed by atoms with Gasteiger partial charge in [-0.25, -0.2) is 0 Å². The molecule has 1 atom stereocenters. The first-order valence-corrected chi connectivity index (χ1v) is 7.71. The van der Waals surface area contributed by atoms with Gasteiger partial charge in [0.15, 0.2) is 0 Å². The molecule has 1 N–H and O–H groups in total. The molecule has 19 heavy (non-hydrogen) atoms. The molecular formula is C16H16N2S. The first kappa shape index (κ1) is 11.2. The van der Waals surface area contributed by atoms with Crippen molar-refractivity contribution in [1.82, 2.24) is 5.32 Å². The molecule has 3 heteroatoms. The van der Waals surface area contributed by atoms with Crippen LogP contribution in [0.15, 0.2) is 40.0 Å². The summed E-state index contributed by atoms with van der Waals surface area (Å²) in [5.74, 6) is 0. The highest BCUT2D eigenvalue weighted by Crippen LogP contribution is 2.37. The molecule has 2 aliphatic rings. The molecule has 1 aromatic carbocycles. The highest BCUT2D eigenvalue weighted by atomic mass is 32.1. The maximum atomic E-state index is 4.68. The Labute approximate surface area is 117 Å². The van der Waals surface area contributed by atoms with E-state index in [9.17, 15) is 0 Å². The number of benzene rings is 1. The van der Waals surface area contributed by atoms with Crippen molar-refractivity contribution < 1.29 is 0 Å². The van der Waals surface area contributed by atoms with E-state index in [4.69, 9.17) is 0 Å². The molecule has 1 aliphatic carbocycles. The molecule has 4 rings (SSSR count). The van der Waals surface area contributed by atoms with Crippen LogP contribution < -0.4 is 5.32 Å². The van der Waals surface area contributed by atoms with E-state index in [0.29, 0.717) is 0 Å². The van der Waals surface area contributed by atoms with Crippen molar-refractivity contribution in [2.24, 2.45) is 4.99 Å². The Hall–Kier alpha value is -1.61. The second-order valence-electron chi connectivity index (χ2n) is 5.50. The lowest BCUT2D eigenvalue weighted by Gasteiger charge is -2.32. The van der Waals surface area contributed by atoms with Crippen LogP contribution in [0.3, 0.4) is 0 Å². The van der Waals surface area contributed by atoms with Gasteiger partial charge in [-0.3, -0.25) is 4.99 Å². The zero-order valence-corrected chi connectivity index (χ0v) is 11.5. The van der Waals surface area contributed by atoms with Crippen LogP contribution in [0.25, 0.3) is 11.1 Å². The quantitative estimate of drug-likeness (QED) is 0.843. The molecule has 0 saturated heterocycles. The minimum Gasteiger partial charge on any atom is -0.374 e. The number of thiophene rings is 1. The molecule has 1 aromatic heterocycles. The van der Waals surface area contributed by atoms with Crippen molar-refractivity contribution in [2.45, 2.75) is 24.8 Å². The maximum absolute atomic E-state index is 4.68. The summed E-state index contributed by atoms with van der Waals surface area (Å²) in [4.78, 5) is 4.68. The van der Waals surface area contributed by atoms with Crippen molar-refractivity contribution in [1.29, 1.82) is 0 Å². The molecule has 96 valence electrons. The standard InChI is InChI=1S/C16H16N2S/c1-2-12-8-16(10-17-11-18-16)6-4-15(12)14(3-1)13-5-7-19-9-13/h1-3,5,7,9,11H,4,6,8,10H2,(H,17,18). The van der Waals surface area contributed by atoms with Gasteiger partial charge in [-0.1, -0.05) is 18.2 Å². The van der Waals surface area contributed by atoms with E-state index >= 15 is 0 Å². The van der Waals surface area contributed by atoms with Crippen LogP contribution in [-0.2, 0) is 12.8 Å². The normalized spacial score (nSPS) is 24.4. The van der Waals surface area contributed by atoms with Crippen LogP contribution in [0.5, 0.6) is 0 Å². The number of hydrogen-bond donors (Lipinski definition) is 1. The molecule has 0 bridgehead atoms. The lowest BCUT2D eigenvalue weighted by atomic mass is 9.76. The third-order valence-electron chi connectivity index (χ3n) is 4.33. The Morgan fingerprint density at radius 3 is 3.05 bits per heavy atom. The van der Waals surface area contributed by atoms with Crippen molar-refractivity contribution in [3.8, 4) is 11.1 Å². The lowest BCUT2D eigenvalue weighted by Crippen LogP contribution is -2.38. The van der Waals surface area contributed by atoms with Crippen molar-refractivity contribution >= 4 is 17.7 Å². The fourth-order valence-corrected chi connectivity index (χ4v) is 3.97. The number of rotatable bonds is 1. The Bertz CT molecular complexity index is 630. The summed E-state index contributed by atoms with van der Waals surface area (Å²) in [5, 5.41) is 7.67. The Morgan fingerprint density at radius 2 is 2.26 bits per heavy atom. The minimum absolute atomic E-state index is 0.125. The van der Waals surface area contributed by atoms with Crippen LogP contribution in [0.1, 0.15) is 17.5 Å². The summed E-state index contributed by atoms with van der Waals surface area (Å²) in [5.41, 5.74) is 5.93. The first-order chi connectivity index (χ1) is 9.36. The molecule has 2 aromatic rings. The summed E-state index contributed by atoms with van der Waals surface area (Å²) < 4.78 is 0. The van der Waals surface area contributed by atoms with Crippen LogP contribution in [0.2, 0.25) is 0 Å². The molecular weight excluding hydrogens is 252 g/mol. The van der Waals surface area contributed by atoms with E-state index in [1.165, 1.54) is 22.3 Å². The monoisotopic (exact) mass is 268 g/mol. The molecule has 0 amide bonds. The van der Waals surface area contributed by atoms with Gasteiger partial charge in [0.1, 0.15) is 0 Å². The van der Waals surface area contributed by atoms with Gasteiger partial charge >= 0.3 is 0 Å². The second kappa shape index (κ2) is 4.20. The van der Waals surface area contributed by atoms with Gasteiger partial charge in [0.25, 0.3) is 0 Å². The number of aliphatic imine (C=N–C) groups is 1. The third kappa shape index (κ3) is 1.80. The zero-order valence-electron chi connectivity index (χ0n) is 10.7. The molecule has 2 heterocycles. The molecule has 0 saturated carbocycles. The van der Waals surface area contributed by atoms with Gasteiger partial charge in [-0.05, 0) is 58.3 Å². The maximum Gasteiger partial charge on any atom is 0.0840 e. The van der Waals surface area contributed by atoms with Gasteiger partial charge in [0, 0.05) is 6.54 Å². The van der Waals surface area contributed by atoms with E-state index in [0.717, 1.165) is 25.8 Å². The second-order valence-corrected chi connectivity index (χ2v) is 6.28. The van der Waals surface area contributed by atoms with Gasteiger partial charge in [-0.2, -0.15) is 11.3 Å². The molecule has 2 nitrogen and oxygen atoms in total. The van der Waals surface area contributed by atoms with Gasteiger partial charge < -0.3 is 5.32 Å². The predicted octanol–water partition coefficient (Wildman–Crippen LogP) is 3.27. The SMILES string of the molecule is C1=NC2(CCc3c(cccc3-c3ccsc3)C2)CN1. The summed E-state index contributed by atoms with van der Waals surface area (Å²) in [6.45, 7) is 0.995. The van der Waals surface area contributed by atoms with Crippen LogP contribution >= 0.6 is 11.3 Å². The largest absolute Gasteiger partial charge is 0.374 e. The van der Waals surface area contributed by atoms with E-state index in [-0.39, 0.29) is 5.54 Å². The minimum atomic E-state index is 0.125. The third-order valence-corrected chi connectivity index (χ3v) is 5.01. The van der Waals surface area contributed by atoms with E-state index in [1.807, 2.05) is 6.34 Å². The van der Waals surface area contributed by atoms with Crippen molar-refractivity contribution in [3.05, 3.63) is 46.2 Å². The smallest absolute Gasteiger partial charge is 0.0840 e. The van der Waals surface area contributed by atoms with Crippen LogP contribution in [-0.4, -0.2) is 18.4 Å². The number of fused-ring (bicyclic) bond motifs is 1.